The topological polar surface area (TPSA) is 54.9 Å². The third-order valence-corrected chi connectivity index (χ3v) is 5.76. The number of carbonyl (C=O) groups excluding carboxylic acids is 1. The molecule has 4 aromatic rings. The van der Waals surface area contributed by atoms with Crippen molar-refractivity contribution in [3.05, 3.63) is 64.6 Å². The number of hydrogen-bond acceptors (Lipinski definition) is 5. The molecule has 0 spiro atoms. The van der Waals surface area contributed by atoms with E-state index in [2.05, 4.69) is 21.4 Å². The summed E-state index contributed by atoms with van der Waals surface area (Å²) in [7, 11) is 0. The second-order valence-corrected chi connectivity index (χ2v) is 7.65. The van der Waals surface area contributed by atoms with E-state index < -0.39 is 0 Å². The normalized spacial score (nSPS) is 11.5. The first kappa shape index (κ1) is 15.9. The number of benzene rings is 2. The molecule has 4 nitrogen and oxygen atoms in total. The van der Waals surface area contributed by atoms with E-state index in [0.29, 0.717) is 6.54 Å². The van der Waals surface area contributed by atoms with Crippen LogP contribution in [-0.4, -0.2) is 22.4 Å². The van der Waals surface area contributed by atoms with E-state index in [-0.39, 0.29) is 5.91 Å². The second-order valence-electron chi connectivity index (χ2n) is 5.47. The molecule has 0 radical (unpaired) electrons. The van der Waals surface area contributed by atoms with Crippen LogP contribution in [0.1, 0.15) is 10.0 Å². The van der Waals surface area contributed by atoms with Gasteiger partial charge in [0.2, 0.25) is 5.91 Å². The third kappa shape index (κ3) is 3.75. The quantitative estimate of drug-likeness (QED) is 0.537. The molecular formula is C19H15N3OS2. The van der Waals surface area contributed by atoms with E-state index in [0.717, 1.165) is 32.2 Å². The van der Waals surface area contributed by atoms with Crippen LogP contribution >= 0.6 is 22.7 Å². The molecule has 2 heterocycles. The van der Waals surface area contributed by atoms with E-state index in [4.69, 9.17) is 0 Å². The number of carbonyl (C=O) groups is 1. The SMILES string of the molecule is O=C(C=Cc1nc2ccccc2s1)NCCc1nc2ccccc2s1. The number of aromatic nitrogens is 2. The van der Waals surface area contributed by atoms with Crippen LogP contribution in [0.2, 0.25) is 0 Å². The molecule has 2 aromatic heterocycles. The minimum Gasteiger partial charge on any atom is -0.352 e. The predicted molar refractivity (Wildman–Crippen MR) is 105 cm³/mol. The van der Waals surface area contributed by atoms with Gasteiger partial charge in [-0.15, -0.1) is 22.7 Å². The number of hydrogen-bond donors (Lipinski definition) is 1. The molecule has 0 aliphatic rings. The molecule has 1 N–H and O–H groups in total. The van der Waals surface area contributed by atoms with Gasteiger partial charge in [0.15, 0.2) is 0 Å². The van der Waals surface area contributed by atoms with Crippen LogP contribution in [0.25, 0.3) is 26.5 Å². The fraction of sp³-hybridized carbons (Fsp3) is 0.105. The Kier molecular flexibility index (Phi) is 4.54. The first-order chi connectivity index (χ1) is 12.3. The Hall–Kier alpha value is -2.57. The zero-order valence-corrected chi connectivity index (χ0v) is 14.9. The van der Waals surface area contributed by atoms with Crippen LogP contribution in [0.4, 0.5) is 0 Å². The van der Waals surface area contributed by atoms with E-state index in [1.807, 2.05) is 42.5 Å². The van der Waals surface area contributed by atoms with Gasteiger partial charge in [-0.1, -0.05) is 24.3 Å². The number of nitrogens with one attached hydrogen (secondary N) is 1. The summed E-state index contributed by atoms with van der Waals surface area (Å²) in [5, 5.41) is 4.77. The number of para-hydroxylation sites is 2. The molecular weight excluding hydrogens is 350 g/mol. The Morgan fingerprint density at radius 2 is 1.64 bits per heavy atom. The van der Waals surface area contributed by atoms with Crippen molar-refractivity contribution >= 4 is 55.1 Å². The van der Waals surface area contributed by atoms with Gasteiger partial charge in [-0.2, -0.15) is 0 Å². The zero-order chi connectivity index (χ0) is 17.1. The van der Waals surface area contributed by atoms with E-state index in [1.165, 1.54) is 10.8 Å². The van der Waals surface area contributed by atoms with Crippen LogP contribution in [-0.2, 0) is 11.2 Å². The standard InChI is InChI=1S/C19H15N3OS2/c23-17(9-10-18-21-13-5-1-3-7-15(13)24-18)20-12-11-19-22-14-6-2-4-8-16(14)25-19/h1-10H,11-12H2,(H,20,23). The largest absolute Gasteiger partial charge is 0.352 e. The first-order valence-corrected chi connectivity index (χ1v) is 9.57. The molecule has 0 aliphatic carbocycles. The summed E-state index contributed by atoms with van der Waals surface area (Å²) >= 11 is 3.25. The van der Waals surface area contributed by atoms with Crippen molar-refractivity contribution in [2.45, 2.75) is 6.42 Å². The third-order valence-electron chi connectivity index (χ3n) is 3.66. The number of thiazole rings is 2. The van der Waals surface area contributed by atoms with Crippen molar-refractivity contribution in [2.75, 3.05) is 6.54 Å². The van der Waals surface area contributed by atoms with Crippen molar-refractivity contribution in [1.29, 1.82) is 0 Å². The minimum atomic E-state index is -0.111. The Morgan fingerprint density at radius 1 is 0.960 bits per heavy atom. The van der Waals surface area contributed by atoms with Gasteiger partial charge >= 0.3 is 0 Å². The van der Waals surface area contributed by atoms with Gasteiger partial charge in [0.25, 0.3) is 0 Å². The highest BCUT2D eigenvalue weighted by molar-refractivity contribution is 7.19. The molecule has 0 saturated carbocycles. The van der Waals surface area contributed by atoms with Gasteiger partial charge in [-0.3, -0.25) is 4.79 Å². The molecule has 1 amide bonds. The summed E-state index contributed by atoms with van der Waals surface area (Å²) in [6, 6.07) is 16.0. The average Bonchev–Trinajstić information content (AvgIpc) is 3.23. The van der Waals surface area contributed by atoms with Gasteiger partial charge in [0.1, 0.15) is 5.01 Å². The van der Waals surface area contributed by atoms with Crippen molar-refractivity contribution in [3.63, 3.8) is 0 Å². The summed E-state index contributed by atoms with van der Waals surface area (Å²) in [4.78, 5) is 21.0. The average molecular weight is 365 g/mol. The number of nitrogens with zero attached hydrogens (tertiary/aromatic N) is 2. The molecule has 0 bridgehead atoms. The molecule has 0 saturated heterocycles. The summed E-state index contributed by atoms with van der Waals surface area (Å²) in [5.74, 6) is -0.111. The fourth-order valence-corrected chi connectivity index (χ4v) is 4.32. The van der Waals surface area contributed by atoms with Crippen molar-refractivity contribution in [2.24, 2.45) is 0 Å². The highest BCUT2D eigenvalue weighted by Gasteiger charge is 2.04. The fourth-order valence-electron chi connectivity index (χ4n) is 2.49. The Morgan fingerprint density at radius 3 is 2.36 bits per heavy atom. The Bertz CT molecular complexity index is 999. The molecule has 6 heteroatoms. The van der Waals surface area contributed by atoms with Crippen LogP contribution in [0.15, 0.2) is 54.6 Å². The van der Waals surface area contributed by atoms with E-state index in [9.17, 15) is 4.79 Å². The Labute approximate surface area is 152 Å². The van der Waals surface area contributed by atoms with Gasteiger partial charge in [-0.25, -0.2) is 9.97 Å². The zero-order valence-electron chi connectivity index (χ0n) is 13.3. The maximum absolute atomic E-state index is 12.0. The minimum absolute atomic E-state index is 0.111. The molecule has 0 fully saturated rings. The highest BCUT2D eigenvalue weighted by atomic mass is 32.1. The first-order valence-electron chi connectivity index (χ1n) is 7.94. The lowest BCUT2D eigenvalue weighted by atomic mass is 10.3. The molecule has 124 valence electrons. The van der Waals surface area contributed by atoms with E-state index in [1.54, 1.807) is 28.7 Å². The molecule has 0 unspecified atom stereocenters. The maximum Gasteiger partial charge on any atom is 0.244 e. The number of rotatable bonds is 5. The van der Waals surface area contributed by atoms with Gasteiger partial charge in [0, 0.05) is 19.0 Å². The lowest BCUT2D eigenvalue weighted by Crippen LogP contribution is -2.23. The van der Waals surface area contributed by atoms with Crippen molar-refractivity contribution in [1.82, 2.24) is 15.3 Å². The van der Waals surface area contributed by atoms with Crippen LogP contribution in [0.5, 0.6) is 0 Å². The molecule has 4 rings (SSSR count). The summed E-state index contributed by atoms with van der Waals surface area (Å²) in [6.45, 7) is 0.572. The van der Waals surface area contributed by atoms with Crippen LogP contribution in [0, 0.1) is 0 Å². The molecule has 2 aromatic carbocycles. The Balaban J connectivity index is 1.32. The van der Waals surface area contributed by atoms with Crippen LogP contribution < -0.4 is 5.32 Å². The predicted octanol–water partition coefficient (Wildman–Crippen LogP) is 4.28. The summed E-state index contributed by atoms with van der Waals surface area (Å²) in [6.07, 6.45) is 4.04. The molecule has 0 aliphatic heterocycles. The van der Waals surface area contributed by atoms with Gasteiger partial charge < -0.3 is 5.32 Å². The highest BCUT2D eigenvalue weighted by Crippen LogP contribution is 2.22. The van der Waals surface area contributed by atoms with Gasteiger partial charge in [-0.05, 0) is 30.3 Å². The number of amides is 1. The van der Waals surface area contributed by atoms with Crippen molar-refractivity contribution in [3.8, 4) is 0 Å². The smallest absolute Gasteiger partial charge is 0.244 e. The van der Waals surface area contributed by atoms with Crippen molar-refractivity contribution < 1.29 is 4.79 Å². The summed E-state index contributed by atoms with van der Waals surface area (Å²) in [5.41, 5.74) is 1.98. The number of fused-ring (bicyclic) bond motifs is 2. The molecule has 0 atom stereocenters. The lowest BCUT2D eigenvalue weighted by Gasteiger charge is -1.98. The van der Waals surface area contributed by atoms with Crippen LogP contribution in [0.3, 0.4) is 0 Å². The maximum atomic E-state index is 12.0. The lowest BCUT2D eigenvalue weighted by molar-refractivity contribution is -0.116. The second kappa shape index (κ2) is 7.13. The van der Waals surface area contributed by atoms with E-state index >= 15 is 0 Å². The summed E-state index contributed by atoms with van der Waals surface area (Å²) < 4.78 is 2.30. The monoisotopic (exact) mass is 365 g/mol. The van der Waals surface area contributed by atoms with Gasteiger partial charge in [0.05, 0.1) is 25.4 Å². The molecule has 25 heavy (non-hydrogen) atoms.